The molecule has 1 unspecified atom stereocenters. The van der Waals surface area contributed by atoms with Gasteiger partial charge in [0, 0.05) is 12.1 Å². The molecule has 0 aliphatic carbocycles. The smallest absolute Gasteiger partial charge is 0.133 e. The summed E-state index contributed by atoms with van der Waals surface area (Å²) >= 11 is 0. The molecule has 0 N–H and O–H groups in total. The minimum atomic E-state index is -2.17. The Hall–Kier alpha value is -3.29. The predicted octanol–water partition coefficient (Wildman–Crippen LogP) is 5.77. The number of hydrogen-bond donors (Lipinski definition) is 0. The van der Waals surface area contributed by atoms with Gasteiger partial charge in [-0.25, -0.2) is 0 Å². The summed E-state index contributed by atoms with van der Waals surface area (Å²) < 4.78 is 17.3. The van der Waals surface area contributed by atoms with Crippen molar-refractivity contribution in [1.82, 2.24) is 0 Å². The number of methoxy groups -OCH3 is 3. The highest BCUT2D eigenvalue weighted by Gasteiger charge is 2.52. The lowest BCUT2D eigenvalue weighted by atomic mass is 10.1. The molecule has 3 nitrogen and oxygen atoms in total. The van der Waals surface area contributed by atoms with Crippen molar-refractivity contribution in [2.75, 3.05) is 21.3 Å². The first-order valence-corrected chi connectivity index (χ1v) is 12.9. The average Bonchev–Trinajstić information content (AvgIpc) is 2.90. The maximum atomic E-state index is 5.91. The van der Waals surface area contributed by atoms with Gasteiger partial charge in [-0.05, 0) is 43.3 Å². The predicted molar refractivity (Wildman–Crippen MR) is 140 cm³/mol. The maximum Gasteiger partial charge on any atom is 0.133 e. The zero-order chi connectivity index (χ0) is 23.3. The molecule has 33 heavy (non-hydrogen) atoms. The molecule has 0 bridgehead atoms. The molecule has 1 atom stereocenters. The third kappa shape index (κ3) is 4.10. The van der Waals surface area contributed by atoms with E-state index in [1.54, 1.807) is 21.3 Å². The van der Waals surface area contributed by atoms with E-state index < -0.39 is 7.26 Å². The summed E-state index contributed by atoms with van der Waals surface area (Å²) in [5.74, 6) is 2.25. The number of hydrogen-bond acceptors (Lipinski definition) is 3. The van der Waals surface area contributed by atoms with E-state index in [1.807, 2.05) is 12.1 Å². The second-order valence-electron chi connectivity index (χ2n) is 7.85. The Balaban J connectivity index is 2.11. The van der Waals surface area contributed by atoms with Crippen molar-refractivity contribution in [3.05, 3.63) is 109 Å². The molecule has 0 fully saturated rings. The number of ether oxygens (including phenoxy) is 3. The van der Waals surface area contributed by atoms with Crippen LogP contribution < -0.4 is 30.1 Å². The van der Waals surface area contributed by atoms with Crippen LogP contribution in [0, 0.1) is 0 Å². The molecule has 0 aliphatic rings. The summed E-state index contributed by atoms with van der Waals surface area (Å²) in [7, 11) is 2.90. The second-order valence-corrected chi connectivity index (χ2v) is 11.6. The standard InChI is InChI=1S/C29H30O3P/c1-22(29-27(31-3)20-23(30-2)21-28(29)32-4)33(24-14-8-5-9-15-24,25-16-10-6-11-17-25)26-18-12-7-13-19-26/h5-22H,1-4H3/q+1. The summed E-state index contributed by atoms with van der Waals surface area (Å²) in [6, 6.07) is 36.4. The fourth-order valence-electron chi connectivity index (χ4n) is 4.75. The van der Waals surface area contributed by atoms with Crippen molar-refractivity contribution in [2.45, 2.75) is 12.6 Å². The second kappa shape index (κ2) is 10.1. The van der Waals surface area contributed by atoms with E-state index >= 15 is 0 Å². The molecule has 0 amide bonds. The van der Waals surface area contributed by atoms with Crippen LogP contribution in [0.3, 0.4) is 0 Å². The largest absolute Gasteiger partial charge is 0.496 e. The first-order valence-electron chi connectivity index (χ1n) is 11.0. The topological polar surface area (TPSA) is 27.7 Å². The first kappa shape index (κ1) is 22.9. The lowest BCUT2D eigenvalue weighted by Crippen LogP contribution is -2.34. The molecule has 0 aromatic heterocycles. The van der Waals surface area contributed by atoms with Crippen molar-refractivity contribution < 1.29 is 14.2 Å². The summed E-state index contributed by atoms with van der Waals surface area (Å²) in [6.07, 6.45) is 0. The van der Waals surface area contributed by atoms with Crippen LogP contribution in [0.25, 0.3) is 0 Å². The molecular formula is C29H30O3P+. The first-order chi connectivity index (χ1) is 16.2. The molecule has 4 aromatic carbocycles. The average molecular weight is 458 g/mol. The van der Waals surface area contributed by atoms with Gasteiger partial charge in [0.1, 0.15) is 46.1 Å². The third-order valence-corrected chi connectivity index (χ3v) is 11.0. The zero-order valence-electron chi connectivity index (χ0n) is 19.6. The van der Waals surface area contributed by atoms with Gasteiger partial charge >= 0.3 is 0 Å². The molecule has 4 heteroatoms. The van der Waals surface area contributed by atoms with Crippen molar-refractivity contribution >= 4 is 23.2 Å². The van der Waals surface area contributed by atoms with Crippen LogP contribution in [0.2, 0.25) is 0 Å². The highest BCUT2D eigenvalue weighted by atomic mass is 31.2. The molecule has 168 valence electrons. The van der Waals surface area contributed by atoms with Crippen LogP contribution in [-0.4, -0.2) is 21.3 Å². The van der Waals surface area contributed by atoms with Crippen LogP contribution in [0.1, 0.15) is 18.1 Å². The van der Waals surface area contributed by atoms with Gasteiger partial charge in [0.25, 0.3) is 0 Å². The van der Waals surface area contributed by atoms with Crippen molar-refractivity contribution in [2.24, 2.45) is 0 Å². The Kier molecular flexibility index (Phi) is 7.01. The van der Waals surface area contributed by atoms with E-state index in [4.69, 9.17) is 14.2 Å². The Morgan fingerprint density at radius 3 is 1.21 bits per heavy atom. The highest BCUT2D eigenvalue weighted by molar-refractivity contribution is 7.96. The monoisotopic (exact) mass is 457 g/mol. The van der Waals surface area contributed by atoms with Crippen LogP contribution in [-0.2, 0) is 0 Å². The van der Waals surface area contributed by atoms with Gasteiger partial charge in [0.2, 0.25) is 0 Å². The fourth-order valence-corrected chi connectivity index (χ4v) is 9.55. The van der Waals surface area contributed by atoms with Gasteiger partial charge in [-0.1, -0.05) is 54.6 Å². The summed E-state index contributed by atoms with van der Waals surface area (Å²) in [4.78, 5) is 0. The molecule has 0 heterocycles. The maximum absolute atomic E-state index is 5.91. The molecule has 0 saturated heterocycles. The van der Waals surface area contributed by atoms with E-state index in [-0.39, 0.29) is 5.66 Å². The Morgan fingerprint density at radius 1 is 0.545 bits per heavy atom. The Morgan fingerprint density at radius 2 is 0.909 bits per heavy atom. The Labute approximate surface area is 197 Å². The van der Waals surface area contributed by atoms with E-state index in [0.29, 0.717) is 5.75 Å². The minimum absolute atomic E-state index is 0.0699. The quantitative estimate of drug-likeness (QED) is 0.315. The summed E-state index contributed by atoms with van der Waals surface area (Å²) in [6.45, 7) is 2.30. The van der Waals surface area contributed by atoms with Crippen LogP contribution in [0.4, 0.5) is 0 Å². The molecule has 4 rings (SSSR count). The molecule has 0 radical (unpaired) electrons. The molecule has 0 aliphatic heterocycles. The van der Waals surface area contributed by atoms with Gasteiger partial charge in [0.05, 0.1) is 26.9 Å². The van der Waals surface area contributed by atoms with Crippen molar-refractivity contribution in [3.8, 4) is 17.2 Å². The molecule has 4 aromatic rings. The van der Waals surface area contributed by atoms with Crippen LogP contribution in [0.15, 0.2) is 103 Å². The number of rotatable bonds is 8. The van der Waals surface area contributed by atoms with Crippen molar-refractivity contribution in [1.29, 1.82) is 0 Å². The van der Waals surface area contributed by atoms with Crippen molar-refractivity contribution in [3.63, 3.8) is 0 Å². The summed E-state index contributed by atoms with van der Waals surface area (Å²) in [5, 5.41) is 3.94. The Bertz CT molecular complexity index is 1060. The van der Waals surface area contributed by atoms with E-state index in [1.165, 1.54) is 15.9 Å². The molecular weight excluding hydrogens is 427 g/mol. The van der Waals surface area contributed by atoms with E-state index in [2.05, 4.69) is 97.9 Å². The van der Waals surface area contributed by atoms with Crippen LogP contribution >= 0.6 is 7.26 Å². The van der Waals surface area contributed by atoms with Gasteiger partial charge in [-0.3, -0.25) is 0 Å². The van der Waals surface area contributed by atoms with Gasteiger partial charge in [-0.2, -0.15) is 0 Å². The normalized spacial score (nSPS) is 12.1. The lowest BCUT2D eigenvalue weighted by Gasteiger charge is -2.34. The fraction of sp³-hybridized carbons (Fsp3) is 0.172. The molecule has 0 spiro atoms. The SMILES string of the molecule is COc1cc(OC)c(C(C)[P+](c2ccccc2)(c2ccccc2)c2ccccc2)c(OC)c1. The molecule has 0 saturated carbocycles. The van der Waals surface area contributed by atoms with E-state index in [0.717, 1.165) is 17.1 Å². The van der Waals surface area contributed by atoms with Crippen LogP contribution in [0.5, 0.6) is 17.2 Å². The number of benzene rings is 4. The lowest BCUT2D eigenvalue weighted by molar-refractivity contribution is 0.369. The zero-order valence-corrected chi connectivity index (χ0v) is 20.5. The van der Waals surface area contributed by atoms with Gasteiger partial charge < -0.3 is 14.2 Å². The third-order valence-electron chi connectivity index (χ3n) is 6.24. The van der Waals surface area contributed by atoms with Gasteiger partial charge in [-0.15, -0.1) is 0 Å². The summed E-state index contributed by atoms with van der Waals surface area (Å²) in [5.41, 5.74) is 1.12. The van der Waals surface area contributed by atoms with E-state index in [9.17, 15) is 0 Å². The minimum Gasteiger partial charge on any atom is -0.496 e. The highest BCUT2D eigenvalue weighted by Crippen LogP contribution is 2.68. The van der Waals surface area contributed by atoms with Gasteiger partial charge in [0.15, 0.2) is 0 Å².